The van der Waals surface area contributed by atoms with E-state index in [-0.39, 0.29) is 0 Å². The third-order valence-corrected chi connectivity index (χ3v) is 7.20. The van der Waals surface area contributed by atoms with Crippen molar-refractivity contribution in [3.05, 3.63) is 30.1 Å². The molecule has 5 unspecified atom stereocenters. The molecule has 3 fully saturated rings. The van der Waals surface area contributed by atoms with Crippen LogP contribution in [0.1, 0.15) is 37.9 Å². The van der Waals surface area contributed by atoms with Gasteiger partial charge in [-0.1, -0.05) is 18.6 Å². The molecule has 0 radical (unpaired) electrons. The highest BCUT2D eigenvalue weighted by atomic mass is 16.4. The maximum Gasteiger partial charge on any atom is 0.414 e. The van der Waals surface area contributed by atoms with Crippen LogP contribution in [0, 0.1) is 30.6 Å². The van der Waals surface area contributed by atoms with Gasteiger partial charge in [0, 0.05) is 19.1 Å². The summed E-state index contributed by atoms with van der Waals surface area (Å²) in [6.45, 7) is 4.24. The summed E-state index contributed by atoms with van der Waals surface area (Å²) >= 11 is 0. The van der Waals surface area contributed by atoms with Crippen molar-refractivity contribution in [3.63, 3.8) is 0 Å². The second-order valence-electron chi connectivity index (χ2n) is 8.62. The third-order valence-electron chi connectivity index (χ3n) is 7.20. The summed E-state index contributed by atoms with van der Waals surface area (Å²) in [5.41, 5.74) is 2.40. The molecule has 7 heteroatoms. The molecule has 156 valence electrons. The number of carboxylic acid groups (broad SMARTS) is 2. The van der Waals surface area contributed by atoms with Crippen LogP contribution >= 0.6 is 0 Å². The topological polar surface area (TPSA) is 104 Å². The molecule has 3 saturated carbocycles. The first-order valence-electron chi connectivity index (χ1n) is 10.6. The summed E-state index contributed by atoms with van der Waals surface area (Å²) in [4.78, 5) is 22.9. The Labute approximate surface area is 170 Å². The minimum Gasteiger partial charge on any atom is -0.473 e. The van der Waals surface area contributed by atoms with Gasteiger partial charge in [0.25, 0.3) is 0 Å². The van der Waals surface area contributed by atoms with Gasteiger partial charge in [-0.05, 0) is 68.4 Å². The van der Waals surface area contributed by atoms with E-state index in [1.807, 2.05) is 0 Å². The number of aryl methyl sites for hydroxylation is 1. The number of benzene rings is 1. The Morgan fingerprint density at radius 3 is 2.59 bits per heavy atom. The van der Waals surface area contributed by atoms with Crippen LogP contribution in [0.4, 0.5) is 0 Å². The molecule has 5 rings (SSSR count). The highest BCUT2D eigenvalue weighted by Gasteiger charge is 2.53. The molecule has 7 nitrogen and oxygen atoms in total. The number of nitrogens with zero attached hydrogens (tertiary/aromatic N) is 2. The molecule has 1 aromatic heterocycles. The molecule has 1 heterocycles. The average Bonchev–Trinajstić information content (AvgIpc) is 3.43. The lowest BCUT2D eigenvalue weighted by molar-refractivity contribution is -0.159. The summed E-state index contributed by atoms with van der Waals surface area (Å²) in [5.74, 6) is 1.66. The van der Waals surface area contributed by atoms with Crippen molar-refractivity contribution in [1.29, 1.82) is 0 Å². The van der Waals surface area contributed by atoms with Gasteiger partial charge in [0.05, 0.1) is 11.0 Å². The number of carboxylic acids is 2. The molecule has 0 saturated heterocycles. The van der Waals surface area contributed by atoms with Crippen molar-refractivity contribution < 1.29 is 19.8 Å². The maximum absolute atomic E-state index is 9.10. The van der Waals surface area contributed by atoms with Crippen LogP contribution in [0.25, 0.3) is 11.0 Å². The molecule has 3 aliphatic rings. The first-order valence-corrected chi connectivity index (χ1v) is 10.6. The summed E-state index contributed by atoms with van der Waals surface area (Å²) < 4.78 is 2.37. The van der Waals surface area contributed by atoms with E-state index in [1.165, 1.54) is 37.6 Å². The molecular formula is C22H29N3O4. The zero-order chi connectivity index (χ0) is 20.5. The lowest BCUT2D eigenvalue weighted by atomic mass is 9.79. The second kappa shape index (κ2) is 8.14. The lowest BCUT2D eigenvalue weighted by Crippen LogP contribution is -2.40. The average molecular weight is 399 g/mol. The van der Waals surface area contributed by atoms with Gasteiger partial charge in [0.2, 0.25) is 0 Å². The molecular weight excluding hydrogens is 370 g/mol. The number of imidazole rings is 1. The number of para-hydroxylation sites is 2. The monoisotopic (exact) mass is 399 g/mol. The van der Waals surface area contributed by atoms with Crippen LogP contribution in [0.5, 0.6) is 0 Å². The van der Waals surface area contributed by atoms with E-state index in [0.29, 0.717) is 0 Å². The van der Waals surface area contributed by atoms with E-state index in [4.69, 9.17) is 19.8 Å². The Bertz CT molecular complexity index is 897. The molecule has 3 N–H and O–H groups in total. The first kappa shape index (κ1) is 19.9. The maximum atomic E-state index is 9.10. The standard InChI is InChI=1S/C20H27N3.C2H2O4/c1-13-22-18-7-2-3-8-20(18)23(13)10-9-21-19-12-14-11-17(19)16-6-4-5-15(14)16;3-1(4)2(5)6/h2-3,7-8,14-17,19,21H,4-6,9-12H2,1H3;(H,3,4)(H,5,6). The molecule has 0 spiro atoms. The summed E-state index contributed by atoms with van der Waals surface area (Å²) in [6, 6.07) is 9.28. The van der Waals surface area contributed by atoms with Gasteiger partial charge >= 0.3 is 11.9 Å². The van der Waals surface area contributed by atoms with Crippen LogP contribution in [-0.4, -0.2) is 44.3 Å². The van der Waals surface area contributed by atoms with E-state index in [2.05, 4.69) is 46.1 Å². The molecule has 3 aliphatic carbocycles. The van der Waals surface area contributed by atoms with E-state index < -0.39 is 11.9 Å². The largest absolute Gasteiger partial charge is 0.473 e. The van der Waals surface area contributed by atoms with Gasteiger partial charge in [-0.3, -0.25) is 0 Å². The number of hydrogen-bond acceptors (Lipinski definition) is 4. The Morgan fingerprint density at radius 1 is 1.10 bits per heavy atom. The Kier molecular flexibility index (Phi) is 5.58. The number of rotatable bonds is 4. The minimum absolute atomic E-state index is 0.787. The van der Waals surface area contributed by atoms with Crippen molar-refractivity contribution in [1.82, 2.24) is 14.9 Å². The minimum atomic E-state index is -1.82. The summed E-state index contributed by atoms with van der Waals surface area (Å²) in [5, 5.41) is 18.7. The Hall–Kier alpha value is -2.41. The van der Waals surface area contributed by atoms with Crippen LogP contribution in [0.2, 0.25) is 0 Å². The molecule has 1 aromatic carbocycles. The Balaban J connectivity index is 0.000000302. The number of carbonyl (C=O) groups is 2. The van der Waals surface area contributed by atoms with Crippen LogP contribution < -0.4 is 5.32 Å². The second-order valence-corrected chi connectivity index (χ2v) is 8.62. The third kappa shape index (κ3) is 3.88. The fourth-order valence-corrected chi connectivity index (χ4v) is 6.14. The fourth-order valence-electron chi connectivity index (χ4n) is 6.14. The molecule has 0 aliphatic heterocycles. The number of aliphatic carboxylic acids is 2. The van der Waals surface area contributed by atoms with Crippen molar-refractivity contribution in [2.45, 2.75) is 51.6 Å². The van der Waals surface area contributed by atoms with Crippen LogP contribution in [0.3, 0.4) is 0 Å². The SMILES string of the molecule is Cc1nc2ccccc2n1CCNC1CC2CC1C1CCCC21.O=C(O)C(=O)O. The highest BCUT2D eigenvalue weighted by molar-refractivity contribution is 6.27. The zero-order valence-electron chi connectivity index (χ0n) is 16.8. The van der Waals surface area contributed by atoms with E-state index in [0.717, 1.165) is 54.1 Å². The molecule has 29 heavy (non-hydrogen) atoms. The van der Waals surface area contributed by atoms with Gasteiger partial charge in [-0.25, -0.2) is 14.6 Å². The number of fused-ring (bicyclic) bond motifs is 6. The molecule has 0 amide bonds. The van der Waals surface area contributed by atoms with Gasteiger partial charge in [-0.2, -0.15) is 0 Å². The summed E-state index contributed by atoms with van der Waals surface area (Å²) in [6.07, 6.45) is 7.48. The molecule has 2 bridgehead atoms. The number of hydrogen-bond donors (Lipinski definition) is 3. The number of aromatic nitrogens is 2. The predicted molar refractivity (Wildman–Crippen MR) is 109 cm³/mol. The van der Waals surface area contributed by atoms with Gasteiger partial charge in [-0.15, -0.1) is 0 Å². The zero-order valence-corrected chi connectivity index (χ0v) is 16.8. The van der Waals surface area contributed by atoms with Crippen LogP contribution in [-0.2, 0) is 16.1 Å². The normalized spacial score (nSPS) is 29.5. The fraction of sp³-hybridized carbons (Fsp3) is 0.591. The highest BCUT2D eigenvalue weighted by Crippen LogP contribution is 2.58. The van der Waals surface area contributed by atoms with Gasteiger partial charge in [0.15, 0.2) is 0 Å². The van der Waals surface area contributed by atoms with Crippen molar-refractivity contribution >= 4 is 23.0 Å². The van der Waals surface area contributed by atoms with E-state index in [9.17, 15) is 0 Å². The van der Waals surface area contributed by atoms with Crippen molar-refractivity contribution in [3.8, 4) is 0 Å². The number of nitrogens with one attached hydrogen (secondary N) is 1. The van der Waals surface area contributed by atoms with E-state index in [1.54, 1.807) is 0 Å². The molecule has 2 aromatic rings. The van der Waals surface area contributed by atoms with Gasteiger partial charge in [0.1, 0.15) is 5.82 Å². The van der Waals surface area contributed by atoms with Crippen LogP contribution in [0.15, 0.2) is 24.3 Å². The summed E-state index contributed by atoms with van der Waals surface area (Å²) in [7, 11) is 0. The predicted octanol–water partition coefficient (Wildman–Crippen LogP) is 2.91. The van der Waals surface area contributed by atoms with E-state index >= 15 is 0 Å². The molecule has 5 atom stereocenters. The Morgan fingerprint density at radius 2 is 1.83 bits per heavy atom. The lowest BCUT2D eigenvalue weighted by Gasteiger charge is -2.32. The quantitative estimate of drug-likeness (QED) is 0.683. The smallest absolute Gasteiger partial charge is 0.414 e. The van der Waals surface area contributed by atoms with Crippen molar-refractivity contribution in [2.75, 3.05) is 6.54 Å². The first-order chi connectivity index (χ1) is 14.0. The van der Waals surface area contributed by atoms with Gasteiger partial charge < -0.3 is 20.1 Å². The van der Waals surface area contributed by atoms with Crippen molar-refractivity contribution in [2.24, 2.45) is 23.7 Å².